The van der Waals surface area contributed by atoms with E-state index in [4.69, 9.17) is 0 Å². The van der Waals surface area contributed by atoms with Crippen molar-refractivity contribution >= 4 is 27.9 Å². The van der Waals surface area contributed by atoms with Crippen molar-refractivity contribution in [1.82, 2.24) is 4.90 Å². The van der Waals surface area contributed by atoms with E-state index in [0.717, 1.165) is 10.0 Å². The second-order valence-electron chi connectivity index (χ2n) is 4.88. The van der Waals surface area contributed by atoms with Crippen molar-refractivity contribution in [1.29, 1.82) is 0 Å². The first-order chi connectivity index (χ1) is 8.59. The fourth-order valence-electron chi connectivity index (χ4n) is 1.98. The Bertz CT molecular complexity index is 465. The zero-order chi connectivity index (χ0) is 13.1. The monoisotopic (exact) mass is 307 g/mol. The number of likely N-dealkylation sites (N-methyl/N-ethyl adjacent to an activating group) is 1. The van der Waals surface area contributed by atoms with Gasteiger partial charge in [0, 0.05) is 23.6 Å². The lowest BCUT2D eigenvalue weighted by Gasteiger charge is -2.23. The van der Waals surface area contributed by atoms with Crippen LogP contribution in [0.5, 0.6) is 0 Å². The number of nitrogens with zero attached hydrogens (tertiary/aromatic N) is 1. The van der Waals surface area contributed by atoms with Crippen LogP contribution in [0.4, 0.5) is 0 Å². The van der Waals surface area contributed by atoms with Gasteiger partial charge in [-0.3, -0.25) is 4.79 Å². The van der Waals surface area contributed by atoms with Gasteiger partial charge in [-0.25, -0.2) is 0 Å². The number of halogens is 1. The second kappa shape index (κ2) is 5.70. The Balaban J connectivity index is 2.00. The molecule has 1 saturated carbocycles. The molecule has 0 spiro atoms. The van der Waals surface area contributed by atoms with Crippen LogP contribution in [0, 0.1) is 5.92 Å². The van der Waals surface area contributed by atoms with Crippen molar-refractivity contribution < 1.29 is 4.79 Å². The Morgan fingerprint density at radius 1 is 1.44 bits per heavy atom. The summed E-state index contributed by atoms with van der Waals surface area (Å²) in [5, 5.41) is 0. The minimum Gasteiger partial charge on any atom is -0.339 e. The van der Waals surface area contributed by atoms with E-state index in [2.05, 4.69) is 22.9 Å². The van der Waals surface area contributed by atoms with Crippen molar-refractivity contribution in [3.63, 3.8) is 0 Å². The molecule has 2 rings (SSSR count). The van der Waals surface area contributed by atoms with Gasteiger partial charge in [0.15, 0.2) is 0 Å². The lowest BCUT2D eigenvalue weighted by molar-refractivity contribution is -0.126. The van der Waals surface area contributed by atoms with Crippen LogP contribution >= 0.6 is 15.9 Å². The molecule has 1 amide bonds. The van der Waals surface area contributed by atoms with Crippen LogP contribution < -0.4 is 0 Å². The zero-order valence-electron chi connectivity index (χ0n) is 10.8. The molecule has 1 aromatic carbocycles. The van der Waals surface area contributed by atoms with Gasteiger partial charge in [0.2, 0.25) is 5.91 Å². The van der Waals surface area contributed by atoms with E-state index < -0.39 is 0 Å². The van der Waals surface area contributed by atoms with Crippen molar-refractivity contribution in [2.45, 2.75) is 25.8 Å². The maximum atomic E-state index is 12.0. The van der Waals surface area contributed by atoms with E-state index >= 15 is 0 Å². The van der Waals surface area contributed by atoms with Crippen molar-refractivity contribution in [2.75, 3.05) is 7.05 Å². The van der Waals surface area contributed by atoms with E-state index in [9.17, 15) is 4.79 Å². The van der Waals surface area contributed by atoms with Crippen LogP contribution in [0.3, 0.4) is 0 Å². The Hall–Kier alpha value is -1.09. The molecule has 1 atom stereocenters. The number of hydrogen-bond acceptors (Lipinski definition) is 1. The first kappa shape index (κ1) is 13.3. The van der Waals surface area contributed by atoms with Crippen LogP contribution in [0.15, 0.2) is 34.8 Å². The van der Waals surface area contributed by atoms with Crippen LogP contribution in [0.1, 0.15) is 25.3 Å². The number of carbonyl (C=O) groups is 1. The highest BCUT2D eigenvalue weighted by Crippen LogP contribution is 2.34. The van der Waals surface area contributed by atoms with Gasteiger partial charge in [-0.15, -0.1) is 0 Å². The highest BCUT2D eigenvalue weighted by atomic mass is 79.9. The van der Waals surface area contributed by atoms with Gasteiger partial charge >= 0.3 is 0 Å². The molecule has 18 heavy (non-hydrogen) atoms. The Kier molecular flexibility index (Phi) is 4.23. The first-order valence-corrected chi connectivity index (χ1v) is 7.08. The number of rotatable bonds is 4. The molecule has 1 unspecified atom stereocenters. The molecule has 2 nitrogen and oxygen atoms in total. The fourth-order valence-corrected chi connectivity index (χ4v) is 2.40. The third-order valence-corrected chi connectivity index (χ3v) is 4.30. The van der Waals surface area contributed by atoms with Crippen LogP contribution in [-0.4, -0.2) is 23.9 Å². The Labute approximate surface area is 117 Å². The number of benzene rings is 1. The summed E-state index contributed by atoms with van der Waals surface area (Å²) in [6.45, 7) is 2.13. The highest BCUT2D eigenvalue weighted by Gasteiger charge is 2.31. The predicted octanol–water partition coefficient (Wildman–Crippen LogP) is 3.72. The number of carbonyl (C=O) groups excluding carboxylic acids is 1. The third-order valence-electron chi connectivity index (χ3n) is 3.57. The van der Waals surface area contributed by atoms with E-state index in [-0.39, 0.29) is 5.91 Å². The summed E-state index contributed by atoms with van der Waals surface area (Å²) >= 11 is 3.47. The first-order valence-electron chi connectivity index (χ1n) is 6.29. The third kappa shape index (κ3) is 3.22. The average Bonchev–Trinajstić information content (AvgIpc) is 3.20. The molecule has 0 radical (unpaired) electrons. The largest absolute Gasteiger partial charge is 0.339 e. The molecule has 0 aromatic heterocycles. The van der Waals surface area contributed by atoms with Crippen LogP contribution in [-0.2, 0) is 4.79 Å². The molecule has 0 bridgehead atoms. The highest BCUT2D eigenvalue weighted by molar-refractivity contribution is 9.10. The molecule has 1 fully saturated rings. The van der Waals surface area contributed by atoms with Crippen molar-refractivity contribution in [3.05, 3.63) is 40.4 Å². The van der Waals surface area contributed by atoms with Crippen LogP contribution in [0.2, 0.25) is 0 Å². The van der Waals surface area contributed by atoms with Gasteiger partial charge in [0.25, 0.3) is 0 Å². The molecule has 1 aromatic rings. The van der Waals surface area contributed by atoms with Crippen molar-refractivity contribution in [2.24, 2.45) is 5.92 Å². The van der Waals surface area contributed by atoms with Crippen LogP contribution in [0.25, 0.3) is 6.08 Å². The SMILES string of the molecule is CC(C1CC1)N(C)C(=O)/C=C/c1ccccc1Br. The summed E-state index contributed by atoms with van der Waals surface area (Å²) in [4.78, 5) is 13.9. The molecular formula is C15H18BrNO. The summed E-state index contributed by atoms with van der Waals surface area (Å²) < 4.78 is 1.01. The summed E-state index contributed by atoms with van der Waals surface area (Å²) in [7, 11) is 1.88. The van der Waals surface area contributed by atoms with Gasteiger partial charge in [-0.2, -0.15) is 0 Å². The topological polar surface area (TPSA) is 20.3 Å². The molecule has 3 heteroatoms. The lowest BCUT2D eigenvalue weighted by Crippen LogP contribution is -2.35. The Morgan fingerprint density at radius 3 is 2.72 bits per heavy atom. The predicted molar refractivity (Wildman–Crippen MR) is 78.1 cm³/mol. The van der Waals surface area contributed by atoms with E-state index in [1.807, 2.05) is 42.3 Å². The van der Waals surface area contributed by atoms with Gasteiger partial charge in [0.05, 0.1) is 0 Å². The molecule has 96 valence electrons. The summed E-state index contributed by atoms with van der Waals surface area (Å²) in [5.41, 5.74) is 1.03. The molecule has 1 aliphatic carbocycles. The molecule has 0 saturated heterocycles. The van der Waals surface area contributed by atoms with Gasteiger partial charge in [0.1, 0.15) is 0 Å². The normalized spacial score (nSPS) is 16.8. The van der Waals surface area contributed by atoms with Gasteiger partial charge in [-0.05, 0) is 43.4 Å². The summed E-state index contributed by atoms with van der Waals surface area (Å²) in [5.74, 6) is 0.779. The maximum absolute atomic E-state index is 12.0. The smallest absolute Gasteiger partial charge is 0.246 e. The molecule has 0 aliphatic heterocycles. The van der Waals surface area contributed by atoms with Gasteiger partial charge in [-0.1, -0.05) is 34.1 Å². The lowest BCUT2D eigenvalue weighted by atomic mass is 10.1. The quantitative estimate of drug-likeness (QED) is 0.776. The fraction of sp³-hybridized carbons (Fsp3) is 0.400. The van der Waals surface area contributed by atoms with Crippen molar-refractivity contribution in [3.8, 4) is 0 Å². The molecule has 0 heterocycles. The van der Waals surface area contributed by atoms with Gasteiger partial charge < -0.3 is 4.90 Å². The zero-order valence-corrected chi connectivity index (χ0v) is 12.4. The molecule has 0 N–H and O–H groups in total. The number of amides is 1. The summed E-state index contributed by atoms with van der Waals surface area (Å²) in [6, 6.07) is 8.23. The summed E-state index contributed by atoms with van der Waals surface area (Å²) in [6.07, 6.45) is 6.03. The Morgan fingerprint density at radius 2 is 2.11 bits per heavy atom. The average molecular weight is 308 g/mol. The van der Waals surface area contributed by atoms with E-state index in [1.165, 1.54) is 12.8 Å². The maximum Gasteiger partial charge on any atom is 0.246 e. The number of hydrogen-bond donors (Lipinski definition) is 0. The molecular weight excluding hydrogens is 290 g/mol. The second-order valence-corrected chi connectivity index (χ2v) is 5.74. The van der Waals surface area contributed by atoms with E-state index in [0.29, 0.717) is 12.0 Å². The molecule has 1 aliphatic rings. The minimum absolute atomic E-state index is 0.0742. The van der Waals surface area contributed by atoms with E-state index in [1.54, 1.807) is 6.08 Å². The standard InChI is InChI=1S/C15H18BrNO/c1-11(12-7-8-12)17(2)15(18)10-9-13-5-3-4-6-14(13)16/h3-6,9-12H,7-8H2,1-2H3/b10-9+. The minimum atomic E-state index is 0.0742.